The molecule has 1 N–H and O–H groups in total. The second kappa shape index (κ2) is 5.29. The summed E-state index contributed by atoms with van der Waals surface area (Å²) in [7, 11) is 0. The Hall–Kier alpha value is -2.05. The number of alkyl halides is 2. The molecule has 0 saturated heterocycles. The van der Waals surface area contributed by atoms with Gasteiger partial charge in [0.2, 0.25) is 5.71 Å². The van der Waals surface area contributed by atoms with Gasteiger partial charge in [-0.05, 0) is 18.4 Å². The molecular formula is C12H12F2N2O3. The molecule has 0 unspecified atom stereocenters. The van der Waals surface area contributed by atoms with Crippen molar-refractivity contribution in [1.82, 2.24) is 9.97 Å². The van der Waals surface area contributed by atoms with Crippen molar-refractivity contribution in [2.24, 2.45) is 0 Å². The van der Waals surface area contributed by atoms with Crippen molar-refractivity contribution in [3.63, 3.8) is 0 Å². The molecule has 0 bridgehead atoms. The highest BCUT2D eigenvalue weighted by Crippen LogP contribution is 2.17. The molecule has 0 amide bonds. The van der Waals surface area contributed by atoms with Crippen molar-refractivity contribution in [2.75, 3.05) is 0 Å². The van der Waals surface area contributed by atoms with Gasteiger partial charge >= 0.3 is 5.63 Å². The molecule has 0 saturated carbocycles. The van der Waals surface area contributed by atoms with Gasteiger partial charge in [-0.3, -0.25) is 4.79 Å². The van der Waals surface area contributed by atoms with Gasteiger partial charge in [-0.15, -0.1) is 0 Å². The van der Waals surface area contributed by atoms with Gasteiger partial charge in [0.1, 0.15) is 5.39 Å². The molecular weight excluding hydrogens is 258 g/mol. The van der Waals surface area contributed by atoms with Gasteiger partial charge in [-0.1, -0.05) is 13.3 Å². The van der Waals surface area contributed by atoms with Gasteiger partial charge < -0.3 is 9.40 Å². The summed E-state index contributed by atoms with van der Waals surface area (Å²) in [5, 5.41) is 0.0671. The van der Waals surface area contributed by atoms with E-state index in [1.54, 1.807) is 0 Å². The van der Waals surface area contributed by atoms with Crippen LogP contribution in [-0.2, 0) is 6.42 Å². The van der Waals surface area contributed by atoms with Crippen molar-refractivity contribution < 1.29 is 13.2 Å². The van der Waals surface area contributed by atoms with Crippen LogP contribution in [0.3, 0.4) is 0 Å². The lowest BCUT2D eigenvalue weighted by molar-refractivity contribution is 0.140. The van der Waals surface area contributed by atoms with Crippen molar-refractivity contribution >= 4 is 11.1 Å². The van der Waals surface area contributed by atoms with Gasteiger partial charge in [-0.2, -0.15) is 4.98 Å². The lowest BCUT2D eigenvalue weighted by Gasteiger charge is -2.05. The molecule has 0 aromatic carbocycles. The number of halogens is 2. The second-order valence-corrected chi connectivity index (χ2v) is 4.13. The lowest BCUT2D eigenvalue weighted by atomic mass is 10.1. The first-order chi connectivity index (χ1) is 9.02. The van der Waals surface area contributed by atoms with Crippen LogP contribution in [0.2, 0.25) is 0 Å². The Labute approximate surface area is 106 Å². The Balaban J connectivity index is 2.71. The van der Waals surface area contributed by atoms with Crippen molar-refractivity contribution in [2.45, 2.75) is 32.6 Å². The SMILES string of the molecule is CCCCc1cc(=O)oc2nc(C(F)F)[nH]c(=O)c12. The number of hydrogen-bond acceptors (Lipinski definition) is 4. The molecule has 19 heavy (non-hydrogen) atoms. The zero-order valence-electron chi connectivity index (χ0n) is 10.2. The average Bonchev–Trinajstić information content (AvgIpc) is 2.34. The number of H-pyrrole nitrogens is 1. The average molecular weight is 270 g/mol. The van der Waals surface area contributed by atoms with Crippen molar-refractivity contribution in [3.8, 4) is 0 Å². The van der Waals surface area contributed by atoms with Crippen LogP contribution in [-0.4, -0.2) is 9.97 Å². The third-order valence-electron chi connectivity index (χ3n) is 2.72. The van der Waals surface area contributed by atoms with Crippen LogP contribution in [0.5, 0.6) is 0 Å². The van der Waals surface area contributed by atoms with Crippen LogP contribution < -0.4 is 11.2 Å². The lowest BCUT2D eigenvalue weighted by Crippen LogP contribution is -2.16. The number of aryl methyl sites for hydroxylation is 1. The predicted octanol–water partition coefficient (Wildman–Crippen LogP) is 2.16. The fourth-order valence-electron chi connectivity index (χ4n) is 1.83. The van der Waals surface area contributed by atoms with E-state index in [1.165, 1.54) is 6.07 Å². The molecule has 102 valence electrons. The van der Waals surface area contributed by atoms with E-state index in [-0.39, 0.29) is 11.1 Å². The Morgan fingerprint density at radius 2 is 2.16 bits per heavy atom. The Morgan fingerprint density at radius 3 is 2.79 bits per heavy atom. The number of nitrogens with one attached hydrogen (secondary N) is 1. The van der Waals surface area contributed by atoms with Gasteiger partial charge in [0.15, 0.2) is 5.82 Å². The molecule has 5 nitrogen and oxygen atoms in total. The van der Waals surface area contributed by atoms with Crippen LogP contribution in [0.25, 0.3) is 11.1 Å². The van der Waals surface area contributed by atoms with Gasteiger partial charge in [0, 0.05) is 6.07 Å². The van der Waals surface area contributed by atoms with E-state index in [0.29, 0.717) is 12.0 Å². The third kappa shape index (κ3) is 2.69. The van der Waals surface area contributed by atoms with Crippen LogP contribution in [0.4, 0.5) is 8.78 Å². The fourth-order valence-corrected chi connectivity index (χ4v) is 1.83. The Kier molecular flexibility index (Phi) is 3.73. The van der Waals surface area contributed by atoms with E-state index < -0.39 is 23.4 Å². The maximum atomic E-state index is 12.5. The van der Waals surface area contributed by atoms with Crippen LogP contribution >= 0.6 is 0 Å². The summed E-state index contributed by atoms with van der Waals surface area (Å²) < 4.78 is 29.8. The summed E-state index contributed by atoms with van der Waals surface area (Å²) >= 11 is 0. The third-order valence-corrected chi connectivity index (χ3v) is 2.72. The molecule has 0 spiro atoms. The van der Waals surface area contributed by atoms with Gasteiger partial charge in [0.05, 0.1) is 0 Å². The topological polar surface area (TPSA) is 76.0 Å². The summed E-state index contributed by atoms with van der Waals surface area (Å²) in [6.45, 7) is 1.96. The summed E-state index contributed by atoms with van der Waals surface area (Å²) in [5.74, 6) is -0.798. The van der Waals surface area contributed by atoms with E-state index in [9.17, 15) is 18.4 Å². The molecule has 2 rings (SSSR count). The van der Waals surface area contributed by atoms with E-state index in [1.807, 2.05) is 11.9 Å². The number of unbranched alkanes of at least 4 members (excludes halogenated alkanes) is 1. The molecule has 0 fully saturated rings. The number of fused-ring (bicyclic) bond motifs is 1. The first-order valence-corrected chi connectivity index (χ1v) is 5.88. The van der Waals surface area contributed by atoms with Crippen molar-refractivity contribution in [1.29, 1.82) is 0 Å². The Bertz CT molecular complexity index is 706. The summed E-state index contributed by atoms with van der Waals surface area (Å²) in [5.41, 5.74) is -1.27. The minimum Gasteiger partial charge on any atom is -0.403 e. The maximum Gasteiger partial charge on any atom is 0.337 e. The minimum absolute atomic E-state index is 0.0671. The number of aromatic amines is 1. The first kappa shape index (κ1) is 13.4. The van der Waals surface area contributed by atoms with Gasteiger partial charge in [-0.25, -0.2) is 13.6 Å². The monoisotopic (exact) mass is 270 g/mol. The standard InChI is InChI=1S/C12H12F2N2O3/c1-2-3-4-6-5-7(17)19-12-8(6)11(18)15-10(16-12)9(13)14/h5,9H,2-4H2,1H3,(H,15,16,18). The normalized spacial score (nSPS) is 11.4. The molecule has 0 aliphatic heterocycles. The molecule has 0 radical (unpaired) electrons. The maximum absolute atomic E-state index is 12.5. The molecule has 2 aromatic rings. The number of aromatic nitrogens is 2. The van der Waals surface area contributed by atoms with Crippen LogP contribution in [0, 0.1) is 0 Å². The zero-order chi connectivity index (χ0) is 14.0. The number of hydrogen-bond donors (Lipinski definition) is 1. The van der Waals surface area contributed by atoms with E-state index >= 15 is 0 Å². The quantitative estimate of drug-likeness (QED) is 0.923. The zero-order valence-corrected chi connectivity index (χ0v) is 10.2. The van der Waals surface area contributed by atoms with Crippen molar-refractivity contribution in [3.05, 3.63) is 38.2 Å². The molecule has 7 heteroatoms. The number of rotatable bonds is 4. The molecule has 2 aromatic heterocycles. The summed E-state index contributed by atoms with van der Waals surface area (Å²) in [6.07, 6.45) is -0.782. The predicted molar refractivity (Wildman–Crippen MR) is 64.5 cm³/mol. The van der Waals surface area contributed by atoms with Crippen LogP contribution in [0.1, 0.15) is 37.6 Å². The largest absolute Gasteiger partial charge is 0.403 e. The summed E-state index contributed by atoms with van der Waals surface area (Å²) in [4.78, 5) is 28.7. The first-order valence-electron chi connectivity index (χ1n) is 5.88. The highest BCUT2D eigenvalue weighted by Gasteiger charge is 2.16. The van der Waals surface area contributed by atoms with E-state index in [0.717, 1.165) is 12.8 Å². The minimum atomic E-state index is -2.93. The second-order valence-electron chi connectivity index (χ2n) is 4.13. The summed E-state index contributed by atoms with van der Waals surface area (Å²) in [6, 6.07) is 1.21. The molecule has 0 aliphatic rings. The highest BCUT2D eigenvalue weighted by molar-refractivity contribution is 5.75. The number of nitrogens with zero attached hydrogens (tertiary/aromatic N) is 1. The molecule has 0 aliphatic carbocycles. The smallest absolute Gasteiger partial charge is 0.337 e. The molecule has 2 heterocycles. The van der Waals surface area contributed by atoms with E-state index in [4.69, 9.17) is 4.42 Å². The molecule has 0 atom stereocenters. The highest BCUT2D eigenvalue weighted by atomic mass is 19.3. The fraction of sp³-hybridized carbons (Fsp3) is 0.417. The van der Waals surface area contributed by atoms with E-state index in [2.05, 4.69) is 4.98 Å². The Morgan fingerprint density at radius 1 is 1.42 bits per heavy atom. The van der Waals surface area contributed by atoms with Crippen LogP contribution in [0.15, 0.2) is 20.1 Å². The van der Waals surface area contributed by atoms with Gasteiger partial charge in [0.25, 0.3) is 12.0 Å².